The number of rotatable bonds is 4. The zero-order chi connectivity index (χ0) is 13.9. The normalized spacial score (nSPS) is 11.1. The van der Waals surface area contributed by atoms with Gasteiger partial charge in [-0.05, 0) is 26.0 Å². The van der Waals surface area contributed by atoms with Gasteiger partial charge in [0.1, 0.15) is 0 Å². The van der Waals surface area contributed by atoms with Crippen LogP contribution in [0.3, 0.4) is 0 Å². The smallest absolute Gasteiger partial charge is 0.183 e. The van der Waals surface area contributed by atoms with E-state index in [0.29, 0.717) is 5.56 Å². The van der Waals surface area contributed by atoms with Crippen LogP contribution >= 0.6 is 11.3 Å². The molecule has 0 saturated carbocycles. The van der Waals surface area contributed by atoms with Crippen molar-refractivity contribution in [3.63, 3.8) is 0 Å². The second-order valence-corrected chi connectivity index (χ2v) is 5.76. The summed E-state index contributed by atoms with van der Waals surface area (Å²) in [7, 11) is 0. The Bertz CT molecular complexity index is 613. The summed E-state index contributed by atoms with van der Waals surface area (Å²) in [6.45, 7) is 3.85. The van der Waals surface area contributed by atoms with Crippen LogP contribution < -0.4 is 5.32 Å². The third-order valence-electron chi connectivity index (χ3n) is 2.63. The van der Waals surface area contributed by atoms with E-state index in [9.17, 15) is 5.11 Å². The standard InChI is InChI=1S/C14H15N3OS/c1-14(2,9-18)17-13-16-12(8-19-13)11-5-3-4-10(6-11)7-15/h3-6,8,18H,9H2,1-2H3,(H,16,17). The van der Waals surface area contributed by atoms with Gasteiger partial charge in [0, 0.05) is 10.9 Å². The lowest BCUT2D eigenvalue weighted by Gasteiger charge is -2.22. The van der Waals surface area contributed by atoms with Crippen molar-refractivity contribution in [2.24, 2.45) is 0 Å². The number of aromatic nitrogens is 1. The Labute approximate surface area is 116 Å². The quantitative estimate of drug-likeness (QED) is 0.898. The van der Waals surface area contributed by atoms with Gasteiger partial charge in [0.15, 0.2) is 5.13 Å². The first kappa shape index (κ1) is 13.5. The Kier molecular flexibility index (Phi) is 3.84. The zero-order valence-electron chi connectivity index (χ0n) is 10.8. The number of hydrogen-bond acceptors (Lipinski definition) is 5. The van der Waals surface area contributed by atoms with Crippen LogP contribution in [-0.2, 0) is 0 Å². The first-order chi connectivity index (χ1) is 9.04. The SMILES string of the molecule is CC(C)(CO)Nc1nc(-c2cccc(C#N)c2)cs1. The molecule has 2 N–H and O–H groups in total. The van der Waals surface area contributed by atoms with Crippen LogP contribution in [0.1, 0.15) is 19.4 Å². The average Bonchev–Trinajstić information content (AvgIpc) is 2.86. The molecule has 0 amide bonds. The van der Waals surface area contributed by atoms with Gasteiger partial charge < -0.3 is 10.4 Å². The van der Waals surface area contributed by atoms with E-state index < -0.39 is 5.54 Å². The highest BCUT2D eigenvalue weighted by atomic mass is 32.1. The highest BCUT2D eigenvalue weighted by Gasteiger charge is 2.17. The van der Waals surface area contributed by atoms with Gasteiger partial charge in [-0.3, -0.25) is 0 Å². The van der Waals surface area contributed by atoms with Crippen LogP contribution in [0.25, 0.3) is 11.3 Å². The molecule has 0 saturated heterocycles. The van der Waals surface area contributed by atoms with Gasteiger partial charge in [0.2, 0.25) is 0 Å². The summed E-state index contributed by atoms with van der Waals surface area (Å²) in [5.74, 6) is 0. The third-order valence-corrected chi connectivity index (χ3v) is 3.39. The number of anilines is 1. The second kappa shape index (κ2) is 5.39. The Morgan fingerprint density at radius 3 is 2.95 bits per heavy atom. The molecule has 0 aliphatic carbocycles. The lowest BCUT2D eigenvalue weighted by molar-refractivity contribution is 0.234. The summed E-state index contributed by atoms with van der Waals surface area (Å²) in [4.78, 5) is 4.48. The molecule has 1 aromatic heterocycles. The van der Waals surface area contributed by atoms with Gasteiger partial charge in [-0.2, -0.15) is 5.26 Å². The maximum absolute atomic E-state index is 9.23. The number of nitrogens with one attached hydrogen (secondary N) is 1. The van der Waals surface area contributed by atoms with E-state index in [4.69, 9.17) is 5.26 Å². The predicted octanol–water partition coefficient (Wildman–Crippen LogP) is 2.86. The first-order valence-corrected chi connectivity index (χ1v) is 6.77. The molecule has 98 valence electrons. The summed E-state index contributed by atoms with van der Waals surface area (Å²) in [5, 5.41) is 24.0. The summed E-state index contributed by atoms with van der Waals surface area (Å²) in [6.07, 6.45) is 0. The molecule has 19 heavy (non-hydrogen) atoms. The molecule has 4 nitrogen and oxygen atoms in total. The molecule has 1 aromatic carbocycles. The van der Waals surface area contributed by atoms with Crippen LogP contribution in [-0.4, -0.2) is 22.2 Å². The van der Waals surface area contributed by atoms with Crippen molar-refractivity contribution in [1.29, 1.82) is 5.26 Å². The lowest BCUT2D eigenvalue weighted by Crippen LogP contribution is -2.34. The molecule has 1 heterocycles. The molecule has 0 aliphatic rings. The number of thiazole rings is 1. The summed E-state index contributed by atoms with van der Waals surface area (Å²) >= 11 is 1.48. The molecule has 0 unspecified atom stereocenters. The van der Waals surface area contributed by atoms with Crippen molar-refractivity contribution in [3.05, 3.63) is 35.2 Å². The number of benzene rings is 1. The fourth-order valence-electron chi connectivity index (χ4n) is 1.54. The van der Waals surface area contributed by atoms with E-state index in [2.05, 4.69) is 16.4 Å². The third kappa shape index (κ3) is 3.31. The van der Waals surface area contributed by atoms with E-state index in [0.717, 1.165) is 16.4 Å². The minimum Gasteiger partial charge on any atom is -0.394 e. The molecule has 0 atom stereocenters. The van der Waals surface area contributed by atoms with Crippen molar-refractivity contribution in [2.45, 2.75) is 19.4 Å². The predicted molar refractivity (Wildman–Crippen MR) is 77.1 cm³/mol. The van der Waals surface area contributed by atoms with Gasteiger partial charge in [0.05, 0.1) is 29.5 Å². The summed E-state index contributed by atoms with van der Waals surface area (Å²) in [6, 6.07) is 9.47. The molecule has 0 fully saturated rings. The molecule has 2 rings (SSSR count). The Morgan fingerprint density at radius 2 is 2.26 bits per heavy atom. The van der Waals surface area contributed by atoms with Gasteiger partial charge in [-0.15, -0.1) is 11.3 Å². The van der Waals surface area contributed by atoms with Gasteiger partial charge in [0.25, 0.3) is 0 Å². The monoisotopic (exact) mass is 273 g/mol. The van der Waals surface area contributed by atoms with E-state index in [-0.39, 0.29) is 6.61 Å². The molecular weight excluding hydrogens is 258 g/mol. The lowest BCUT2D eigenvalue weighted by atomic mass is 10.1. The van der Waals surface area contributed by atoms with E-state index >= 15 is 0 Å². The number of hydrogen-bond donors (Lipinski definition) is 2. The fraction of sp³-hybridized carbons (Fsp3) is 0.286. The van der Waals surface area contributed by atoms with Gasteiger partial charge in [-0.1, -0.05) is 12.1 Å². The Balaban J connectivity index is 2.24. The maximum Gasteiger partial charge on any atom is 0.183 e. The highest BCUT2D eigenvalue weighted by molar-refractivity contribution is 7.14. The van der Waals surface area contributed by atoms with E-state index in [1.165, 1.54) is 11.3 Å². The molecule has 0 spiro atoms. The van der Waals surface area contributed by atoms with Gasteiger partial charge in [-0.25, -0.2) is 4.98 Å². The van der Waals surface area contributed by atoms with Crippen LogP contribution in [0.4, 0.5) is 5.13 Å². The molecular formula is C14H15N3OS. The largest absolute Gasteiger partial charge is 0.394 e. The van der Waals surface area contributed by atoms with Crippen LogP contribution in [0.5, 0.6) is 0 Å². The zero-order valence-corrected chi connectivity index (χ0v) is 11.7. The molecule has 0 bridgehead atoms. The van der Waals surface area contributed by atoms with Gasteiger partial charge >= 0.3 is 0 Å². The molecule has 5 heteroatoms. The van der Waals surface area contributed by atoms with Crippen LogP contribution in [0.15, 0.2) is 29.6 Å². The van der Waals surface area contributed by atoms with Crippen LogP contribution in [0, 0.1) is 11.3 Å². The summed E-state index contributed by atoms with van der Waals surface area (Å²) in [5.41, 5.74) is 1.98. The Morgan fingerprint density at radius 1 is 1.47 bits per heavy atom. The second-order valence-electron chi connectivity index (χ2n) is 4.90. The van der Waals surface area contributed by atoms with Crippen molar-refractivity contribution < 1.29 is 5.11 Å². The molecule has 0 aliphatic heterocycles. The fourth-order valence-corrected chi connectivity index (χ4v) is 2.44. The Hall–Kier alpha value is -1.90. The number of nitrogens with zero attached hydrogens (tertiary/aromatic N) is 2. The number of nitriles is 1. The van der Waals surface area contributed by atoms with Crippen molar-refractivity contribution in [3.8, 4) is 17.3 Å². The minimum atomic E-state index is -0.399. The maximum atomic E-state index is 9.23. The van der Waals surface area contributed by atoms with Crippen molar-refractivity contribution in [2.75, 3.05) is 11.9 Å². The molecule has 2 aromatic rings. The summed E-state index contributed by atoms with van der Waals surface area (Å²) < 4.78 is 0. The number of aliphatic hydroxyl groups is 1. The first-order valence-electron chi connectivity index (χ1n) is 5.89. The number of aliphatic hydroxyl groups excluding tert-OH is 1. The van der Waals surface area contributed by atoms with Crippen LogP contribution in [0.2, 0.25) is 0 Å². The molecule has 0 radical (unpaired) electrons. The average molecular weight is 273 g/mol. The topological polar surface area (TPSA) is 68.9 Å². The van der Waals surface area contributed by atoms with E-state index in [1.54, 1.807) is 6.07 Å². The van der Waals surface area contributed by atoms with E-state index in [1.807, 2.05) is 37.4 Å². The highest BCUT2D eigenvalue weighted by Crippen LogP contribution is 2.27. The minimum absolute atomic E-state index is 0.0336. The van der Waals surface area contributed by atoms with Crippen molar-refractivity contribution in [1.82, 2.24) is 4.98 Å². The van der Waals surface area contributed by atoms with Crippen molar-refractivity contribution >= 4 is 16.5 Å².